The van der Waals surface area contributed by atoms with E-state index in [2.05, 4.69) is 5.32 Å². The molecule has 110 valence electrons. The second-order valence-corrected chi connectivity index (χ2v) is 6.35. The number of carbonyl (C=O) groups is 1. The smallest absolute Gasteiger partial charge is 0.229 e. The van der Waals surface area contributed by atoms with Gasteiger partial charge in [-0.1, -0.05) is 35.9 Å². The summed E-state index contributed by atoms with van der Waals surface area (Å²) < 4.78 is 0.885. The summed E-state index contributed by atoms with van der Waals surface area (Å²) in [6, 6.07) is 16.0. The fourth-order valence-corrected chi connectivity index (χ4v) is 3.42. The lowest BCUT2D eigenvalue weighted by atomic mass is 10.2. The van der Waals surface area contributed by atoms with Crippen LogP contribution in [-0.4, -0.2) is 5.91 Å². The molecule has 3 rings (SSSR count). The standard InChI is InChI=1S/C17H12ClNO2S/c18-13-6-2-3-7-14(13)19-17(21)10-11-9-15(20)12-5-1-4-8-16(12)22-11/h1-9H,10H2,(H,19,21). The van der Waals surface area contributed by atoms with Gasteiger partial charge >= 0.3 is 0 Å². The van der Waals surface area contributed by atoms with Gasteiger partial charge in [-0.15, -0.1) is 11.3 Å². The van der Waals surface area contributed by atoms with Crippen LogP contribution < -0.4 is 10.7 Å². The number of amides is 1. The molecule has 0 aliphatic carbocycles. The Morgan fingerprint density at radius 2 is 1.82 bits per heavy atom. The summed E-state index contributed by atoms with van der Waals surface area (Å²) in [6.07, 6.45) is 0.149. The minimum absolute atomic E-state index is 0.0603. The van der Waals surface area contributed by atoms with Gasteiger partial charge in [0.15, 0.2) is 5.43 Å². The highest BCUT2D eigenvalue weighted by Gasteiger charge is 2.09. The number of carbonyl (C=O) groups excluding carboxylic acids is 1. The predicted molar refractivity (Wildman–Crippen MR) is 91.9 cm³/mol. The van der Waals surface area contributed by atoms with Crippen LogP contribution in [0.25, 0.3) is 10.1 Å². The van der Waals surface area contributed by atoms with E-state index in [0.717, 1.165) is 9.58 Å². The molecule has 5 heteroatoms. The molecule has 3 aromatic rings. The minimum Gasteiger partial charge on any atom is -0.324 e. The third-order valence-electron chi connectivity index (χ3n) is 3.17. The Kier molecular flexibility index (Phi) is 4.22. The van der Waals surface area contributed by atoms with Gasteiger partial charge in [0.2, 0.25) is 5.91 Å². The van der Waals surface area contributed by atoms with Crippen LogP contribution >= 0.6 is 22.9 Å². The highest BCUT2D eigenvalue weighted by molar-refractivity contribution is 7.18. The summed E-state index contributed by atoms with van der Waals surface area (Å²) >= 11 is 7.46. The first-order chi connectivity index (χ1) is 10.6. The van der Waals surface area contributed by atoms with Gasteiger partial charge in [0, 0.05) is 15.0 Å². The van der Waals surface area contributed by atoms with Crippen molar-refractivity contribution in [2.45, 2.75) is 6.42 Å². The molecule has 0 bridgehead atoms. The molecule has 0 unspecified atom stereocenters. The summed E-state index contributed by atoms with van der Waals surface area (Å²) in [6.45, 7) is 0. The van der Waals surface area contributed by atoms with Crippen molar-refractivity contribution in [3.63, 3.8) is 0 Å². The topological polar surface area (TPSA) is 46.2 Å². The molecule has 1 heterocycles. The molecule has 1 aromatic heterocycles. The van der Waals surface area contributed by atoms with Crippen molar-refractivity contribution >= 4 is 44.6 Å². The van der Waals surface area contributed by atoms with Gasteiger partial charge in [0.05, 0.1) is 17.1 Å². The van der Waals surface area contributed by atoms with E-state index in [0.29, 0.717) is 16.1 Å². The van der Waals surface area contributed by atoms with Crippen LogP contribution in [0.1, 0.15) is 4.88 Å². The largest absolute Gasteiger partial charge is 0.324 e. The van der Waals surface area contributed by atoms with Crippen molar-refractivity contribution < 1.29 is 4.79 Å². The normalized spacial score (nSPS) is 10.6. The van der Waals surface area contributed by atoms with E-state index in [4.69, 9.17) is 11.6 Å². The summed E-state index contributed by atoms with van der Waals surface area (Å²) in [4.78, 5) is 24.9. The average molecular weight is 330 g/mol. The molecule has 1 N–H and O–H groups in total. The van der Waals surface area contributed by atoms with E-state index in [1.807, 2.05) is 18.2 Å². The average Bonchev–Trinajstić information content (AvgIpc) is 2.49. The van der Waals surface area contributed by atoms with Crippen LogP contribution in [0.2, 0.25) is 5.02 Å². The molecule has 3 nitrogen and oxygen atoms in total. The number of hydrogen-bond donors (Lipinski definition) is 1. The molecule has 0 saturated carbocycles. The second kappa shape index (κ2) is 6.30. The van der Waals surface area contributed by atoms with E-state index in [-0.39, 0.29) is 17.8 Å². The van der Waals surface area contributed by atoms with Gasteiger partial charge < -0.3 is 5.32 Å². The molecule has 22 heavy (non-hydrogen) atoms. The zero-order valence-corrected chi connectivity index (χ0v) is 13.1. The van der Waals surface area contributed by atoms with Gasteiger partial charge in [0.1, 0.15) is 0 Å². The Bertz CT molecular complexity index is 904. The lowest BCUT2D eigenvalue weighted by molar-refractivity contribution is -0.115. The third kappa shape index (κ3) is 3.18. The fourth-order valence-electron chi connectivity index (χ4n) is 2.16. The van der Waals surface area contributed by atoms with Gasteiger partial charge in [-0.3, -0.25) is 9.59 Å². The highest BCUT2D eigenvalue weighted by atomic mass is 35.5. The number of hydrogen-bond acceptors (Lipinski definition) is 3. The first-order valence-electron chi connectivity index (χ1n) is 6.69. The summed E-state index contributed by atoms with van der Waals surface area (Å²) in [5.74, 6) is -0.195. The molecule has 0 radical (unpaired) electrons. The lowest BCUT2D eigenvalue weighted by Crippen LogP contribution is -2.15. The molecule has 1 amide bonds. The first-order valence-corrected chi connectivity index (χ1v) is 7.89. The number of nitrogens with one attached hydrogen (secondary N) is 1. The monoisotopic (exact) mass is 329 g/mol. The molecule has 0 atom stereocenters. The van der Waals surface area contributed by atoms with Gasteiger partial charge in [-0.05, 0) is 30.3 Å². The molecule has 2 aromatic carbocycles. The molecule has 0 saturated heterocycles. The van der Waals surface area contributed by atoms with Crippen molar-refractivity contribution in [3.05, 3.63) is 74.7 Å². The Morgan fingerprint density at radius 1 is 1.09 bits per heavy atom. The number of halogens is 1. The quantitative estimate of drug-likeness (QED) is 0.786. The molecule has 0 aliphatic heterocycles. The Balaban J connectivity index is 1.83. The van der Waals surface area contributed by atoms with E-state index >= 15 is 0 Å². The number of rotatable bonds is 3. The van der Waals surface area contributed by atoms with E-state index in [9.17, 15) is 9.59 Å². The van der Waals surface area contributed by atoms with Crippen molar-refractivity contribution in [3.8, 4) is 0 Å². The maximum absolute atomic E-state index is 12.1. The molecular weight excluding hydrogens is 318 g/mol. The molecule has 0 spiro atoms. The zero-order valence-electron chi connectivity index (χ0n) is 11.5. The number of anilines is 1. The van der Waals surface area contributed by atoms with Gasteiger partial charge in [0.25, 0.3) is 0 Å². The van der Waals surface area contributed by atoms with Crippen molar-refractivity contribution in [2.24, 2.45) is 0 Å². The van der Waals surface area contributed by atoms with Crippen LogP contribution in [0.15, 0.2) is 59.4 Å². The Morgan fingerprint density at radius 3 is 2.64 bits per heavy atom. The van der Waals surface area contributed by atoms with Crippen molar-refractivity contribution in [1.29, 1.82) is 0 Å². The maximum Gasteiger partial charge on any atom is 0.229 e. The first kappa shape index (κ1) is 14.8. The van der Waals surface area contributed by atoms with E-state index < -0.39 is 0 Å². The van der Waals surface area contributed by atoms with Crippen molar-refractivity contribution in [1.82, 2.24) is 0 Å². The lowest BCUT2D eigenvalue weighted by Gasteiger charge is -2.07. The fraction of sp³-hybridized carbons (Fsp3) is 0.0588. The molecule has 0 fully saturated rings. The van der Waals surface area contributed by atoms with Crippen LogP contribution in [-0.2, 0) is 11.2 Å². The van der Waals surface area contributed by atoms with Crippen molar-refractivity contribution in [2.75, 3.05) is 5.32 Å². The van der Waals surface area contributed by atoms with Crippen LogP contribution in [0.4, 0.5) is 5.69 Å². The third-order valence-corrected chi connectivity index (χ3v) is 4.60. The Hall–Kier alpha value is -2.17. The second-order valence-electron chi connectivity index (χ2n) is 4.78. The Labute approximate surface area is 136 Å². The minimum atomic E-state index is -0.195. The predicted octanol–water partition coefficient (Wildman–Crippen LogP) is 4.10. The highest BCUT2D eigenvalue weighted by Crippen LogP contribution is 2.22. The number of para-hydroxylation sites is 1. The summed E-state index contributed by atoms with van der Waals surface area (Å²) in [7, 11) is 0. The molecule has 0 aliphatic rings. The van der Waals surface area contributed by atoms with E-state index in [1.165, 1.54) is 17.4 Å². The van der Waals surface area contributed by atoms with Crippen LogP contribution in [0, 0.1) is 0 Å². The van der Waals surface area contributed by atoms with Gasteiger partial charge in [-0.2, -0.15) is 0 Å². The van der Waals surface area contributed by atoms with E-state index in [1.54, 1.807) is 30.3 Å². The SMILES string of the molecule is O=C(Cc1cc(=O)c2ccccc2s1)Nc1ccccc1Cl. The molecular formula is C17H12ClNO2S. The number of benzene rings is 2. The zero-order chi connectivity index (χ0) is 15.5. The van der Waals surface area contributed by atoms with Gasteiger partial charge in [-0.25, -0.2) is 0 Å². The number of fused-ring (bicyclic) bond motifs is 1. The van der Waals surface area contributed by atoms with Crippen LogP contribution in [0.5, 0.6) is 0 Å². The summed E-state index contributed by atoms with van der Waals surface area (Å²) in [5.41, 5.74) is 0.511. The summed E-state index contributed by atoms with van der Waals surface area (Å²) in [5, 5.41) is 3.93. The maximum atomic E-state index is 12.1. The van der Waals surface area contributed by atoms with Crippen LogP contribution in [0.3, 0.4) is 0 Å².